The van der Waals surface area contributed by atoms with Crippen molar-refractivity contribution in [3.05, 3.63) is 51.9 Å². The Hall–Kier alpha value is -1.89. The summed E-state index contributed by atoms with van der Waals surface area (Å²) in [5.41, 5.74) is 0.625. The van der Waals surface area contributed by atoms with Crippen molar-refractivity contribution in [1.82, 2.24) is 4.98 Å². The Morgan fingerprint density at radius 3 is 2.68 bits per heavy atom. The highest BCUT2D eigenvalue weighted by atomic mass is 35.5. The number of aromatic nitrogens is 1. The van der Waals surface area contributed by atoms with Crippen LogP contribution in [0.25, 0.3) is 0 Å². The highest BCUT2D eigenvalue weighted by molar-refractivity contribution is 6.32. The topological polar surface area (TPSA) is 60.5 Å². The number of anilines is 1. The van der Waals surface area contributed by atoms with Gasteiger partial charge in [0.2, 0.25) is 5.88 Å². The molecule has 0 radical (unpaired) electrons. The third-order valence-corrected chi connectivity index (χ3v) is 4.25. The molecule has 25 heavy (non-hydrogen) atoms. The van der Waals surface area contributed by atoms with Gasteiger partial charge in [0.15, 0.2) is 0 Å². The second-order valence-corrected chi connectivity index (χ2v) is 6.34. The van der Waals surface area contributed by atoms with Crippen LogP contribution >= 0.6 is 23.2 Å². The lowest BCUT2D eigenvalue weighted by Crippen LogP contribution is -2.26. The molecule has 132 valence electrons. The first-order valence-electron chi connectivity index (χ1n) is 7.69. The predicted octanol–water partition coefficient (Wildman–Crippen LogP) is 4.34. The van der Waals surface area contributed by atoms with Gasteiger partial charge in [-0.3, -0.25) is 4.79 Å². The van der Waals surface area contributed by atoms with Crippen LogP contribution in [-0.2, 0) is 4.74 Å². The molecule has 1 aliphatic rings. The largest absolute Gasteiger partial charge is 0.473 e. The summed E-state index contributed by atoms with van der Waals surface area (Å²) in [6.45, 7) is 1.28. The number of carbonyl (C=O) groups is 1. The van der Waals surface area contributed by atoms with E-state index in [-0.39, 0.29) is 27.6 Å². The van der Waals surface area contributed by atoms with E-state index in [2.05, 4.69) is 10.3 Å². The van der Waals surface area contributed by atoms with Crippen molar-refractivity contribution in [3.8, 4) is 5.88 Å². The fourth-order valence-corrected chi connectivity index (χ4v) is 2.76. The van der Waals surface area contributed by atoms with E-state index in [0.29, 0.717) is 18.9 Å². The van der Waals surface area contributed by atoms with Crippen LogP contribution in [0.15, 0.2) is 30.5 Å². The van der Waals surface area contributed by atoms with E-state index in [0.717, 1.165) is 12.8 Å². The molecule has 1 aliphatic heterocycles. The van der Waals surface area contributed by atoms with Gasteiger partial charge in [0.05, 0.1) is 23.8 Å². The van der Waals surface area contributed by atoms with Crippen molar-refractivity contribution < 1.29 is 18.7 Å². The number of hydrogen-bond donors (Lipinski definition) is 1. The standard InChI is InChI=1S/C17H15Cl2FN2O3/c18-13-8-11(1-2-15(13)20)22-16(23)10-7-14(19)17(21-9-10)25-12-3-5-24-6-4-12/h1-2,7-9,12H,3-6H2,(H,22,23). The summed E-state index contributed by atoms with van der Waals surface area (Å²) in [6, 6.07) is 5.39. The van der Waals surface area contributed by atoms with E-state index in [4.69, 9.17) is 32.7 Å². The van der Waals surface area contributed by atoms with Crippen LogP contribution in [0.4, 0.5) is 10.1 Å². The smallest absolute Gasteiger partial charge is 0.257 e. The summed E-state index contributed by atoms with van der Waals surface area (Å²) in [5, 5.41) is 2.78. The van der Waals surface area contributed by atoms with Crippen molar-refractivity contribution in [2.45, 2.75) is 18.9 Å². The number of pyridine rings is 1. The molecule has 0 aliphatic carbocycles. The van der Waals surface area contributed by atoms with Crippen LogP contribution < -0.4 is 10.1 Å². The molecule has 5 nitrogen and oxygen atoms in total. The molecule has 1 amide bonds. The average molecular weight is 385 g/mol. The molecule has 1 aromatic carbocycles. The zero-order valence-corrected chi connectivity index (χ0v) is 14.6. The number of benzene rings is 1. The van der Waals surface area contributed by atoms with Crippen molar-refractivity contribution >= 4 is 34.8 Å². The number of hydrogen-bond acceptors (Lipinski definition) is 4. The molecular weight excluding hydrogens is 370 g/mol. The summed E-state index contributed by atoms with van der Waals surface area (Å²) in [4.78, 5) is 16.4. The molecule has 2 heterocycles. The van der Waals surface area contributed by atoms with E-state index in [1.807, 2.05) is 0 Å². The Kier molecular flexibility index (Phi) is 5.73. The first-order valence-corrected chi connectivity index (χ1v) is 8.45. The quantitative estimate of drug-likeness (QED) is 0.851. The van der Waals surface area contributed by atoms with Crippen LogP contribution in [0.2, 0.25) is 10.0 Å². The molecule has 0 bridgehead atoms. The number of ether oxygens (including phenoxy) is 2. The van der Waals surface area contributed by atoms with Gasteiger partial charge in [-0.2, -0.15) is 0 Å². The lowest BCUT2D eigenvalue weighted by molar-refractivity contribution is 0.0238. The van der Waals surface area contributed by atoms with Gasteiger partial charge in [-0.25, -0.2) is 9.37 Å². The predicted molar refractivity (Wildman–Crippen MR) is 93.1 cm³/mol. The Bertz CT molecular complexity index is 782. The van der Waals surface area contributed by atoms with Gasteiger partial charge in [-0.05, 0) is 24.3 Å². The van der Waals surface area contributed by atoms with Gasteiger partial charge in [0.25, 0.3) is 5.91 Å². The molecular formula is C17H15Cl2FN2O3. The Balaban J connectivity index is 1.68. The van der Waals surface area contributed by atoms with Gasteiger partial charge in [0, 0.05) is 24.7 Å². The fraction of sp³-hybridized carbons (Fsp3) is 0.294. The fourth-order valence-electron chi connectivity index (χ4n) is 2.37. The Labute approximate surface area is 154 Å². The molecule has 1 aromatic heterocycles. The van der Waals surface area contributed by atoms with Crippen LogP contribution in [0.1, 0.15) is 23.2 Å². The highest BCUT2D eigenvalue weighted by Gasteiger charge is 2.18. The lowest BCUT2D eigenvalue weighted by atomic mass is 10.1. The van der Waals surface area contributed by atoms with Crippen LogP contribution in [0, 0.1) is 5.82 Å². The van der Waals surface area contributed by atoms with Crippen LogP contribution in [-0.4, -0.2) is 30.2 Å². The Morgan fingerprint density at radius 1 is 1.24 bits per heavy atom. The normalized spacial score (nSPS) is 15.0. The molecule has 0 spiro atoms. The third-order valence-electron chi connectivity index (χ3n) is 3.69. The second kappa shape index (κ2) is 7.99. The minimum Gasteiger partial charge on any atom is -0.473 e. The SMILES string of the molecule is O=C(Nc1ccc(F)c(Cl)c1)c1cnc(OC2CCOCC2)c(Cl)c1. The summed E-state index contributed by atoms with van der Waals surface area (Å²) in [5.74, 6) is -0.705. The molecule has 1 N–H and O–H groups in total. The zero-order chi connectivity index (χ0) is 17.8. The van der Waals surface area contributed by atoms with Gasteiger partial charge >= 0.3 is 0 Å². The molecule has 1 saturated heterocycles. The number of nitrogens with zero attached hydrogens (tertiary/aromatic N) is 1. The number of nitrogens with one attached hydrogen (secondary N) is 1. The number of amides is 1. The minimum atomic E-state index is -0.556. The zero-order valence-electron chi connectivity index (χ0n) is 13.1. The third kappa shape index (κ3) is 4.60. The first kappa shape index (κ1) is 17.9. The van der Waals surface area contributed by atoms with Gasteiger partial charge in [-0.15, -0.1) is 0 Å². The van der Waals surface area contributed by atoms with E-state index < -0.39 is 11.7 Å². The molecule has 0 saturated carbocycles. The average Bonchev–Trinajstić information content (AvgIpc) is 2.61. The molecule has 3 rings (SSSR count). The van der Waals surface area contributed by atoms with Crippen molar-refractivity contribution in [2.75, 3.05) is 18.5 Å². The maximum absolute atomic E-state index is 13.2. The van der Waals surface area contributed by atoms with Crippen molar-refractivity contribution in [1.29, 1.82) is 0 Å². The summed E-state index contributed by atoms with van der Waals surface area (Å²) >= 11 is 11.9. The van der Waals surface area contributed by atoms with Crippen molar-refractivity contribution in [2.24, 2.45) is 0 Å². The molecule has 0 unspecified atom stereocenters. The van der Waals surface area contributed by atoms with Crippen molar-refractivity contribution in [3.63, 3.8) is 0 Å². The molecule has 1 fully saturated rings. The molecule has 0 atom stereocenters. The maximum atomic E-state index is 13.2. The molecule has 2 aromatic rings. The number of rotatable bonds is 4. The first-order chi connectivity index (χ1) is 12.0. The van der Waals surface area contributed by atoms with E-state index in [1.54, 1.807) is 0 Å². The maximum Gasteiger partial charge on any atom is 0.257 e. The van der Waals surface area contributed by atoms with E-state index >= 15 is 0 Å². The second-order valence-electron chi connectivity index (χ2n) is 5.52. The number of halogens is 3. The molecule has 8 heteroatoms. The number of carbonyl (C=O) groups excluding carboxylic acids is 1. The highest BCUT2D eigenvalue weighted by Crippen LogP contribution is 2.26. The summed E-state index contributed by atoms with van der Waals surface area (Å²) in [7, 11) is 0. The monoisotopic (exact) mass is 384 g/mol. The minimum absolute atomic E-state index is 0.000200. The lowest BCUT2D eigenvalue weighted by Gasteiger charge is -2.23. The summed E-state index contributed by atoms with van der Waals surface area (Å²) < 4.78 is 24.2. The van der Waals surface area contributed by atoms with Gasteiger partial charge in [0.1, 0.15) is 16.9 Å². The van der Waals surface area contributed by atoms with Gasteiger partial charge in [-0.1, -0.05) is 23.2 Å². The van der Waals surface area contributed by atoms with E-state index in [1.165, 1.54) is 30.5 Å². The van der Waals surface area contributed by atoms with Crippen LogP contribution in [0.3, 0.4) is 0 Å². The van der Waals surface area contributed by atoms with Gasteiger partial charge < -0.3 is 14.8 Å². The summed E-state index contributed by atoms with van der Waals surface area (Å²) in [6.07, 6.45) is 2.91. The van der Waals surface area contributed by atoms with Crippen LogP contribution in [0.5, 0.6) is 5.88 Å². The Morgan fingerprint density at radius 2 is 2.00 bits per heavy atom. The van der Waals surface area contributed by atoms with E-state index in [9.17, 15) is 9.18 Å².